The van der Waals surface area contributed by atoms with Crippen molar-refractivity contribution in [1.29, 1.82) is 5.41 Å². The summed E-state index contributed by atoms with van der Waals surface area (Å²) in [6.07, 6.45) is -3.46. The fourth-order valence-corrected chi connectivity index (χ4v) is 3.67. The second-order valence-electron chi connectivity index (χ2n) is 6.29. The number of benzene rings is 1. The molecule has 3 aromatic heterocycles. The number of aryl methyl sites for hydroxylation is 2. The molecule has 0 saturated heterocycles. The van der Waals surface area contributed by atoms with E-state index in [0.717, 1.165) is 11.3 Å². The number of carbonyl (C=O) groups is 1. The maximum Gasteiger partial charge on any atom is 0.490 e. The van der Waals surface area contributed by atoms with Gasteiger partial charge in [-0.1, -0.05) is 11.3 Å². The number of carboxylic acids is 1. The molecule has 4 rings (SSSR count). The van der Waals surface area contributed by atoms with Gasteiger partial charge in [-0.25, -0.2) is 18.6 Å². The maximum absolute atomic E-state index is 14.6. The molecular weight excluding hydrogens is 449 g/mol. The summed E-state index contributed by atoms with van der Waals surface area (Å²) in [7, 11) is 1.68. The van der Waals surface area contributed by atoms with Gasteiger partial charge in [-0.2, -0.15) is 13.2 Å². The highest BCUT2D eigenvalue weighted by atomic mass is 32.1. The zero-order valence-corrected chi connectivity index (χ0v) is 16.4. The Morgan fingerprint density at radius 1 is 1.23 bits per heavy atom. The van der Waals surface area contributed by atoms with E-state index in [4.69, 9.17) is 15.3 Å². The highest BCUT2D eigenvalue weighted by Gasteiger charge is 2.38. The van der Waals surface area contributed by atoms with E-state index in [2.05, 4.69) is 15.2 Å². The fraction of sp³-hybridized carbons (Fsp3) is 0.176. The molecule has 0 saturated carbocycles. The lowest BCUT2D eigenvalue weighted by Gasteiger charge is -2.07. The number of nitrogens with zero attached hydrogens (tertiary/aromatic N) is 2. The van der Waals surface area contributed by atoms with Crippen molar-refractivity contribution in [2.45, 2.75) is 13.1 Å². The van der Waals surface area contributed by atoms with E-state index in [-0.39, 0.29) is 21.3 Å². The van der Waals surface area contributed by atoms with E-state index in [0.29, 0.717) is 27.7 Å². The Bertz CT molecular complexity index is 1450. The van der Waals surface area contributed by atoms with Crippen molar-refractivity contribution < 1.29 is 31.9 Å². The summed E-state index contributed by atoms with van der Waals surface area (Å²) in [5.41, 5.74) is 0.0672. The van der Waals surface area contributed by atoms with E-state index in [9.17, 15) is 26.7 Å². The van der Waals surface area contributed by atoms with Gasteiger partial charge in [0.2, 0.25) is 5.43 Å². The minimum atomic E-state index is -5.08. The predicted molar refractivity (Wildman–Crippen MR) is 101 cm³/mol. The van der Waals surface area contributed by atoms with Crippen LogP contribution in [0.5, 0.6) is 0 Å². The number of rotatable bonds is 1. The number of halogens is 5. The second-order valence-corrected chi connectivity index (χ2v) is 7.32. The van der Waals surface area contributed by atoms with Crippen LogP contribution in [0.15, 0.2) is 17.1 Å². The molecule has 0 amide bonds. The molecule has 14 heteroatoms. The summed E-state index contributed by atoms with van der Waals surface area (Å²) < 4.78 is 62.4. The van der Waals surface area contributed by atoms with Gasteiger partial charge in [0.15, 0.2) is 16.3 Å². The van der Waals surface area contributed by atoms with Crippen molar-refractivity contribution in [2.75, 3.05) is 0 Å². The molecule has 0 aliphatic heterocycles. The quantitative estimate of drug-likeness (QED) is 0.325. The number of pyridine rings is 1. The molecule has 31 heavy (non-hydrogen) atoms. The SMILES string of the molecule is Cc1[nH][nH]c2nc(-c3cn(C)c(=N)s3)c3c(F)cc(=O)c(F)c3c12.O=C(O)C(F)(F)F. The molecule has 0 aliphatic rings. The van der Waals surface area contributed by atoms with Crippen LogP contribution >= 0.6 is 11.3 Å². The Balaban J connectivity index is 0.000000339. The van der Waals surface area contributed by atoms with Crippen molar-refractivity contribution in [3.63, 3.8) is 0 Å². The van der Waals surface area contributed by atoms with Gasteiger partial charge in [0.25, 0.3) is 0 Å². The standard InChI is InChI=1S/C15H11F2N5OS.C2HF3O2/c1-5-9-11-10(6(16)3-7(23)12(11)17)13(19-14(9)21-20-5)8-4-22(2)15(18)24-8;3-2(4,5)1(6)7/h3-4,18H,1-2H3,(H2,19,20,21);(H,6,7). The summed E-state index contributed by atoms with van der Waals surface area (Å²) in [6, 6.07) is 0.635. The van der Waals surface area contributed by atoms with Gasteiger partial charge in [-0.15, -0.1) is 0 Å². The minimum absolute atomic E-state index is 0.0578. The number of nitrogens with one attached hydrogen (secondary N) is 3. The third-order valence-electron chi connectivity index (χ3n) is 4.19. The van der Waals surface area contributed by atoms with Crippen LogP contribution in [0.1, 0.15) is 5.69 Å². The first-order valence-electron chi connectivity index (χ1n) is 8.23. The summed E-state index contributed by atoms with van der Waals surface area (Å²) in [4.78, 5) is 25.8. The average molecular weight is 461 g/mol. The normalized spacial score (nSPS) is 11.6. The third kappa shape index (κ3) is 3.93. The molecule has 0 aliphatic carbocycles. The number of H-pyrrole nitrogens is 2. The summed E-state index contributed by atoms with van der Waals surface area (Å²) in [5, 5.41) is 20.7. The number of fused-ring (bicyclic) bond motifs is 3. The first-order valence-corrected chi connectivity index (χ1v) is 9.04. The van der Waals surface area contributed by atoms with E-state index >= 15 is 0 Å². The molecule has 0 bridgehead atoms. The van der Waals surface area contributed by atoms with E-state index < -0.39 is 29.2 Å². The number of aromatic nitrogens is 4. The molecule has 0 fully saturated rings. The highest BCUT2D eigenvalue weighted by molar-refractivity contribution is 7.12. The zero-order valence-electron chi connectivity index (χ0n) is 15.6. The van der Waals surface area contributed by atoms with Crippen molar-refractivity contribution >= 4 is 39.1 Å². The van der Waals surface area contributed by atoms with Crippen LogP contribution in [-0.2, 0) is 11.8 Å². The van der Waals surface area contributed by atoms with Crippen LogP contribution in [-0.4, -0.2) is 37.0 Å². The molecule has 1 aromatic carbocycles. The van der Waals surface area contributed by atoms with Crippen LogP contribution in [0.3, 0.4) is 0 Å². The summed E-state index contributed by atoms with van der Waals surface area (Å²) in [6.45, 7) is 1.68. The second kappa shape index (κ2) is 7.61. The molecule has 0 unspecified atom stereocenters. The lowest BCUT2D eigenvalue weighted by atomic mass is 10.0. The molecule has 4 N–H and O–H groups in total. The van der Waals surface area contributed by atoms with Gasteiger partial charge in [0, 0.05) is 35.8 Å². The van der Waals surface area contributed by atoms with Gasteiger partial charge in [0.1, 0.15) is 5.82 Å². The number of aliphatic carboxylic acids is 1. The molecular formula is C17H12F5N5O3S. The number of hydrogen-bond donors (Lipinski definition) is 4. The average Bonchev–Trinajstić information content (AvgIpc) is 3.20. The van der Waals surface area contributed by atoms with Crippen LogP contribution in [0.25, 0.3) is 32.4 Å². The lowest BCUT2D eigenvalue weighted by Crippen LogP contribution is -2.21. The molecule has 0 radical (unpaired) electrons. The van der Waals surface area contributed by atoms with Crippen molar-refractivity contribution in [2.24, 2.45) is 7.05 Å². The van der Waals surface area contributed by atoms with Crippen molar-refractivity contribution in [1.82, 2.24) is 19.7 Å². The highest BCUT2D eigenvalue weighted by Crippen LogP contribution is 2.35. The van der Waals surface area contributed by atoms with E-state index in [1.54, 1.807) is 24.7 Å². The monoisotopic (exact) mass is 461 g/mol. The maximum atomic E-state index is 14.6. The Morgan fingerprint density at radius 2 is 1.84 bits per heavy atom. The zero-order chi connectivity index (χ0) is 23.2. The van der Waals surface area contributed by atoms with Crippen LogP contribution in [0.2, 0.25) is 0 Å². The Hall–Kier alpha value is -3.55. The summed E-state index contributed by atoms with van der Waals surface area (Å²) >= 11 is 1.09. The van der Waals surface area contributed by atoms with E-state index in [1.165, 1.54) is 0 Å². The number of hydrogen-bond acceptors (Lipinski definition) is 5. The fourth-order valence-electron chi connectivity index (χ4n) is 2.81. The largest absolute Gasteiger partial charge is 0.490 e. The van der Waals surface area contributed by atoms with Gasteiger partial charge in [-0.05, 0) is 6.92 Å². The van der Waals surface area contributed by atoms with Gasteiger partial charge >= 0.3 is 12.1 Å². The first-order chi connectivity index (χ1) is 14.3. The topological polar surface area (TPSA) is 128 Å². The number of aromatic amines is 2. The van der Waals surface area contributed by atoms with Gasteiger partial charge in [-0.3, -0.25) is 15.3 Å². The molecule has 0 spiro atoms. The lowest BCUT2D eigenvalue weighted by molar-refractivity contribution is -0.192. The number of alkyl halides is 3. The Labute approximate surface area is 172 Å². The van der Waals surface area contributed by atoms with Gasteiger partial charge < -0.3 is 14.8 Å². The van der Waals surface area contributed by atoms with Crippen molar-refractivity contribution in [3.8, 4) is 10.6 Å². The van der Waals surface area contributed by atoms with Crippen molar-refractivity contribution in [3.05, 3.63) is 44.6 Å². The summed E-state index contributed by atoms with van der Waals surface area (Å²) in [5.74, 6) is -4.60. The number of carboxylic acid groups (broad SMARTS) is 1. The first kappa shape index (κ1) is 22.1. The van der Waals surface area contributed by atoms with Crippen LogP contribution < -0.4 is 10.2 Å². The Kier molecular flexibility index (Phi) is 5.43. The number of thiazole rings is 1. The molecule has 3 heterocycles. The van der Waals surface area contributed by atoms with Gasteiger partial charge in [0.05, 0.1) is 16.0 Å². The van der Waals surface area contributed by atoms with Crippen LogP contribution in [0.4, 0.5) is 22.0 Å². The Morgan fingerprint density at radius 3 is 2.35 bits per heavy atom. The van der Waals surface area contributed by atoms with E-state index in [1.807, 2.05) is 0 Å². The molecule has 164 valence electrons. The molecule has 4 aromatic rings. The molecule has 0 atom stereocenters. The minimum Gasteiger partial charge on any atom is -0.475 e. The predicted octanol–water partition coefficient (Wildman–Crippen LogP) is 3.17. The third-order valence-corrected chi connectivity index (χ3v) is 5.19. The smallest absolute Gasteiger partial charge is 0.475 e. The van der Waals surface area contributed by atoms with Crippen LogP contribution in [0, 0.1) is 24.0 Å². The molecule has 8 nitrogen and oxygen atoms in total.